The van der Waals surface area contributed by atoms with E-state index in [1.165, 1.54) is 0 Å². The van der Waals surface area contributed by atoms with E-state index in [0.717, 1.165) is 19.4 Å². The van der Waals surface area contributed by atoms with Crippen LogP contribution in [0, 0.1) is 0 Å². The molecule has 1 atom stereocenters. The summed E-state index contributed by atoms with van der Waals surface area (Å²) in [5.74, 6) is 1.36. The second kappa shape index (κ2) is 6.87. The molecule has 1 aromatic carbocycles. The number of ether oxygens (including phenoxy) is 1. The summed E-state index contributed by atoms with van der Waals surface area (Å²) in [6.07, 6.45) is 3.78. The van der Waals surface area contributed by atoms with Crippen LogP contribution < -0.4 is 4.74 Å². The lowest BCUT2D eigenvalue weighted by molar-refractivity contribution is 0.298. The SMILES string of the molecule is CC1CCCN1/C(=N\O)c1cccnc1Oc1ccccc1Cl. The Morgan fingerprint density at radius 2 is 2.17 bits per heavy atom. The molecule has 6 heteroatoms. The highest BCUT2D eigenvalue weighted by Gasteiger charge is 2.27. The third-order valence-corrected chi connectivity index (χ3v) is 4.29. The van der Waals surface area contributed by atoms with Crippen LogP contribution in [0.2, 0.25) is 5.02 Å². The number of rotatable bonds is 3. The first-order valence-corrected chi connectivity index (χ1v) is 7.95. The normalized spacial score (nSPS) is 18.3. The van der Waals surface area contributed by atoms with E-state index in [1.54, 1.807) is 24.4 Å². The molecule has 0 radical (unpaired) electrons. The van der Waals surface area contributed by atoms with Crippen LogP contribution in [-0.4, -0.2) is 33.5 Å². The maximum absolute atomic E-state index is 9.54. The maximum atomic E-state index is 9.54. The van der Waals surface area contributed by atoms with Crippen LogP contribution in [0.25, 0.3) is 0 Å². The number of pyridine rings is 1. The number of halogens is 1. The zero-order valence-corrected chi connectivity index (χ0v) is 13.6. The third kappa shape index (κ3) is 3.24. The average Bonchev–Trinajstić information content (AvgIpc) is 2.98. The van der Waals surface area contributed by atoms with Crippen molar-refractivity contribution in [3.8, 4) is 11.6 Å². The quantitative estimate of drug-likeness (QED) is 0.397. The predicted molar refractivity (Wildman–Crippen MR) is 89.5 cm³/mol. The van der Waals surface area contributed by atoms with Crippen molar-refractivity contribution in [2.75, 3.05) is 6.54 Å². The van der Waals surface area contributed by atoms with Crippen molar-refractivity contribution in [2.45, 2.75) is 25.8 Å². The van der Waals surface area contributed by atoms with Crippen LogP contribution in [-0.2, 0) is 0 Å². The Bertz CT molecular complexity index is 720. The van der Waals surface area contributed by atoms with Crippen molar-refractivity contribution in [2.24, 2.45) is 5.16 Å². The van der Waals surface area contributed by atoms with E-state index in [-0.39, 0.29) is 0 Å². The highest BCUT2D eigenvalue weighted by molar-refractivity contribution is 6.32. The monoisotopic (exact) mass is 331 g/mol. The van der Waals surface area contributed by atoms with Gasteiger partial charge in [0.1, 0.15) is 5.75 Å². The number of benzene rings is 1. The summed E-state index contributed by atoms with van der Waals surface area (Å²) in [6, 6.07) is 11.1. The minimum atomic E-state index is 0.314. The summed E-state index contributed by atoms with van der Waals surface area (Å²) in [4.78, 5) is 6.35. The lowest BCUT2D eigenvalue weighted by Crippen LogP contribution is -2.34. The molecule has 0 aliphatic carbocycles. The lowest BCUT2D eigenvalue weighted by Gasteiger charge is -2.25. The second-order valence-electron chi connectivity index (χ2n) is 5.50. The molecule has 3 rings (SSSR count). The Hall–Kier alpha value is -2.27. The van der Waals surface area contributed by atoms with Crippen molar-refractivity contribution in [3.05, 3.63) is 53.2 Å². The number of amidine groups is 1. The van der Waals surface area contributed by atoms with Gasteiger partial charge in [-0.2, -0.15) is 0 Å². The van der Waals surface area contributed by atoms with Gasteiger partial charge in [0.15, 0.2) is 5.84 Å². The highest BCUT2D eigenvalue weighted by Crippen LogP contribution is 2.31. The molecule has 0 spiro atoms. The number of aromatic nitrogens is 1. The minimum Gasteiger partial charge on any atom is -0.437 e. The first-order chi connectivity index (χ1) is 11.2. The molecule has 23 heavy (non-hydrogen) atoms. The molecule has 5 nitrogen and oxygen atoms in total. The molecule has 1 aliphatic heterocycles. The minimum absolute atomic E-state index is 0.314. The molecule has 1 aliphatic rings. The van der Waals surface area contributed by atoms with E-state index in [4.69, 9.17) is 16.3 Å². The predicted octanol–water partition coefficient (Wildman–Crippen LogP) is 4.15. The molecular formula is C17H18ClN3O2. The summed E-state index contributed by atoms with van der Waals surface area (Å²) < 4.78 is 5.86. The Kier molecular flexibility index (Phi) is 4.67. The standard InChI is InChI=1S/C17H18ClN3O2/c1-12-6-5-11-21(12)16(20-22)13-7-4-10-19-17(13)23-15-9-3-2-8-14(15)18/h2-4,7-10,12,22H,5-6,11H2,1H3/b20-16-. The number of hydrogen-bond donors (Lipinski definition) is 1. The highest BCUT2D eigenvalue weighted by atomic mass is 35.5. The topological polar surface area (TPSA) is 58.0 Å². The van der Waals surface area contributed by atoms with E-state index in [0.29, 0.717) is 34.1 Å². The van der Waals surface area contributed by atoms with Crippen molar-refractivity contribution >= 4 is 17.4 Å². The summed E-state index contributed by atoms with van der Waals surface area (Å²) in [5, 5.41) is 13.5. The first-order valence-electron chi connectivity index (χ1n) is 7.57. The van der Waals surface area contributed by atoms with Gasteiger partial charge in [-0.15, -0.1) is 0 Å². The van der Waals surface area contributed by atoms with Gasteiger partial charge >= 0.3 is 0 Å². The molecule has 1 N–H and O–H groups in total. The van der Waals surface area contributed by atoms with Crippen molar-refractivity contribution in [1.82, 2.24) is 9.88 Å². The average molecular weight is 332 g/mol. The van der Waals surface area contributed by atoms with Crippen LogP contribution >= 0.6 is 11.6 Å². The van der Waals surface area contributed by atoms with Gasteiger partial charge < -0.3 is 14.8 Å². The second-order valence-corrected chi connectivity index (χ2v) is 5.90. The van der Waals surface area contributed by atoms with Gasteiger partial charge in [-0.05, 0) is 44.0 Å². The fourth-order valence-electron chi connectivity index (χ4n) is 2.79. The molecule has 0 bridgehead atoms. The van der Waals surface area contributed by atoms with E-state index in [9.17, 15) is 5.21 Å². The van der Waals surface area contributed by atoms with Gasteiger partial charge in [0, 0.05) is 18.8 Å². The Morgan fingerprint density at radius 3 is 2.87 bits per heavy atom. The smallest absolute Gasteiger partial charge is 0.230 e. The van der Waals surface area contributed by atoms with Crippen molar-refractivity contribution < 1.29 is 9.94 Å². The molecule has 120 valence electrons. The van der Waals surface area contributed by atoms with Crippen LogP contribution in [0.1, 0.15) is 25.3 Å². The van der Waals surface area contributed by atoms with Crippen molar-refractivity contribution in [3.63, 3.8) is 0 Å². The van der Waals surface area contributed by atoms with Gasteiger partial charge in [0.2, 0.25) is 5.88 Å². The Balaban J connectivity index is 1.96. The fourth-order valence-corrected chi connectivity index (χ4v) is 2.96. The van der Waals surface area contributed by atoms with Crippen molar-refractivity contribution in [1.29, 1.82) is 0 Å². The zero-order chi connectivity index (χ0) is 16.2. The first kappa shape index (κ1) is 15.6. The molecule has 1 saturated heterocycles. The van der Waals surface area contributed by atoms with Crippen LogP contribution in [0.3, 0.4) is 0 Å². The van der Waals surface area contributed by atoms with Gasteiger partial charge in [-0.1, -0.05) is 28.9 Å². The number of hydrogen-bond acceptors (Lipinski definition) is 4. The van der Waals surface area contributed by atoms with Gasteiger partial charge in [0.25, 0.3) is 0 Å². The van der Waals surface area contributed by atoms with E-state index in [1.807, 2.05) is 18.2 Å². The summed E-state index contributed by atoms with van der Waals surface area (Å²) in [5.41, 5.74) is 0.642. The molecule has 1 unspecified atom stereocenters. The largest absolute Gasteiger partial charge is 0.437 e. The Labute approximate surface area is 140 Å². The lowest BCUT2D eigenvalue weighted by atomic mass is 10.2. The molecule has 1 fully saturated rings. The summed E-state index contributed by atoms with van der Waals surface area (Å²) >= 11 is 6.15. The molecule has 2 aromatic rings. The van der Waals surface area contributed by atoms with Gasteiger partial charge in [-0.3, -0.25) is 0 Å². The molecular weight excluding hydrogens is 314 g/mol. The fraction of sp³-hybridized carbons (Fsp3) is 0.294. The Morgan fingerprint density at radius 1 is 1.35 bits per heavy atom. The van der Waals surface area contributed by atoms with Crippen LogP contribution in [0.4, 0.5) is 0 Å². The van der Waals surface area contributed by atoms with Crippen LogP contribution in [0.5, 0.6) is 11.6 Å². The number of nitrogens with zero attached hydrogens (tertiary/aromatic N) is 3. The molecule has 2 heterocycles. The molecule has 0 amide bonds. The van der Waals surface area contributed by atoms with E-state index < -0.39 is 0 Å². The summed E-state index contributed by atoms with van der Waals surface area (Å²) in [7, 11) is 0. The van der Waals surface area contributed by atoms with Gasteiger partial charge in [0.05, 0.1) is 10.6 Å². The van der Waals surface area contributed by atoms with Gasteiger partial charge in [-0.25, -0.2) is 4.98 Å². The zero-order valence-electron chi connectivity index (χ0n) is 12.8. The number of likely N-dealkylation sites (tertiary alicyclic amines) is 1. The number of para-hydroxylation sites is 1. The van der Waals surface area contributed by atoms with Crippen LogP contribution in [0.15, 0.2) is 47.8 Å². The molecule has 0 saturated carbocycles. The summed E-state index contributed by atoms with van der Waals surface area (Å²) in [6.45, 7) is 2.96. The third-order valence-electron chi connectivity index (χ3n) is 3.98. The number of oxime groups is 1. The maximum Gasteiger partial charge on any atom is 0.230 e. The van der Waals surface area contributed by atoms with E-state index in [2.05, 4.69) is 22.0 Å². The molecule has 1 aromatic heterocycles. The van der Waals surface area contributed by atoms with E-state index >= 15 is 0 Å².